The smallest absolute Gasteiger partial charge is 0.255 e. The van der Waals surface area contributed by atoms with Crippen LogP contribution >= 0.6 is 0 Å². The summed E-state index contributed by atoms with van der Waals surface area (Å²) in [4.78, 5) is 45.4. The van der Waals surface area contributed by atoms with Crippen LogP contribution in [-0.2, 0) is 0 Å². The zero-order valence-electron chi connectivity index (χ0n) is 22.3. The topological polar surface area (TPSA) is 109 Å². The molecule has 40 heavy (non-hydrogen) atoms. The minimum atomic E-state index is -0.249. The molecule has 5 rings (SSSR count). The van der Waals surface area contributed by atoms with Gasteiger partial charge in [-0.3, -0.25) is 14.4 Å². The standard InChI is InChI=1S/C31H32N6O3/c32-22-23-7-9-25(10-8-23)30(39)36-16-4-15-35(19-20-36)28-12-11-26(31(40)37-17-13-33-14-18-37)21-27(28)34-29(38)24-5-2-1-3-6-24/h1-3,5-12,21,33H,4,13-20H2,(H,34,38). The van der Waals surface area contributed by atoms with Crippen molar-refractivity contribution in [2.75, 3.05) is 62.6 Å². The van der Waals surface area contributed by atoms with Crippen LogP contribution in [0.3, 0.4) is 0 Å². The predicted octanol–water partition coefficient (Wildman–Crippen LogP) is 3.21. The van der Waals surface area contributed by atoms with E-state index in [-0.39, 0.29) is 17.7 Å². The minimum Gasteiger partial charge on any atom is -0.368 e. The van der Waals surface area contributed by atoms with Crippen molar-refractivity contribution in [1.29, 1.82) is 5.26 Å². The largest absolute Gasteiger partial charge is 0.368 e. The van der Waals surface area contributed by atoms with Crippen LogP contribution in [0.1, 0.15) is 43.1 Å². The molecule has 2 aliphatic rings. The second kappa shape index (κ2) is 12.5. The normalized spacial score (nSPS) is 15.6. The molecule has 204 valence electrons. The van der Waals surface area contributed by atoms with Crippen LogP contribution in [-0.4, -0.2) is 79.9 Å². The summed E-state index contributed by atoms with van der Waals surface area (Å²) >= 11 is 0. The molecule has 2 fully saturated rings. The Bertz CT molecular complexity index is 1410. The van der Waals surface area contributed by atoms with E-state index in [1.807, 2.05) is 40.1 Å². The molecule has 2 N–H and O–H groups in total. The van der Waals surface area contributed by atoms with Crippen molar-refractivity contribution in [3.05, 3.63) is 95.1 Å². The van der Waals surface area contributed by atoms with Gasteiger partial charge in [0.05, 0.1) is 23.0 Å². The summed E-state index contributed by atoms with van der Waals surface area (Å²) in [6, 6.07) is 23.2. The fourth-order valence-corrected chi connectivity index (χ4v) is 5.11. The maximum Gasteiger partial charge on any atom is 0.255 e. The first-order chi connectivity index (χ1) is 19.5. The van der Waals surface area contributed by atoms with Crippen LogP contribution in [0.2, 0.25) is 0 Å². The van der Waals surface area contributed by atoms with Crippen molar-refractivity contribution < 1.29 is 14.4 Å². The Hall–Kier alpha value is -4.68. The maximum absolute atomic E-state index is 13.3. The van der Waals surface area contributed by atoms with E-state index in [0.29, 0.717) is 67.2 Å². The molecule has 0 unspecified atom stereocenters. The van der Waals surface area contributed by atoms with E-state index in [1.165, 1.54) is 0 Å². The third-order valence-corrected chi connectivity index (χ3v) is 7.32. The maximum atomic E-state index is 13.3. The average Bonchev–Trinajstić information content (AvgIpc) is 3.27. The molecule has 9 nitrogen and oxygen atoms in total. The van der Waals surface area contributed by atoms with Gasteiger partial charge in [-0.1, -0.05) is 18.2 Å². The summed E-state index contributed by atoms with van der Waals surface area (Å²) in [5.74, 6) is -0.375. The zero-order valence-corrected chi connectivity index (χ0v) is 22.3. The summed E-state index contributed by atoms with van der Waals surface area (Å²) in [6.07, 6.45) is 0.746. The number of nitrogens with one attached hydrogen (secondary N) is 2. The van der Waals surface area contributed by atoms with Crippen molar-refractivity contribution in [2.45, 2.75) is 6.42 Å². The Morgan fingerprint density at radius 1 is 0.725 bits per heavy atom. The number of hydrogen-bond acceptors (Lipinski definition) is 6. The lowest BCUT2D eigenvalue weighted by molar-refractivity contribution is 0.0734. The van der Waals surface area contributed by atoms with Crippen LogP contribution in [0.25, 0.3) is 0 Å². The molecule has 3 aromatic carbocycles. The number of amides is 3. The van der Waals surface area contributed by atoms with Crippen LogP contribution in [0.5, 0.6) is 0 Å². The highest BCUT2D eigenvalue weighted by molar-refractivity contribution is 6.07. The van der Waals surface area contributed by atoms with Gasteiger partial charge in [0, 0.05) is 69.0 Å². The Kier molecular flexibility index (Phi) is 8.38. The summed E-state index contributed by atoms with van der Waals surface area (Å²) in [6.45, 7) is 5.16. The zero-order chi connectivity index (χ0) is 27.9. The van der Waals surface area contributed by atoms with Gasteiger partial charge in [0.25, 0.3) is 17.7 Å². The molecule has 0 radical (unpaired) electrons. The molecule has 3 amide bonds. The second-order valence-electron chi connectivity index (χ2n) is 9.92. The molecular formula is C31H32N6O3. The summed E-state index contributed by atoms with van der Waals surface area (Å²) in [5, 5.41) is 15.4. The Labute approximate surface area is 234 Å². The first-order valence-corrected chi connectivity index (χ1v) is 13.6. The average molecular weight is 537 g/mol. The molecule has 2 saturated heterocycles. The number of carbonyl (C=O) groups is 3. The van der Waals surface area contributed by atoms with Crippen molar-refractivity contribution in [3.8, 4) is 6.07 Å². The van der Waals surface area contributed by atoms with Gasteiger partial charge in [-0.25, -0.2) is 0 Å². The first-order valence-electron chi connectivity index (χ1n) is 13.6. The van der Waals surface area contributed by atoms with Gasteiger partial charge in [-0.15, -0.1) is 0 Å². The molecule has 0 atom stereocenters. The highest BCUT2D eigenvalue weighted by Crippen LogP contribution is 2.30. The van der Waals surface area contributed by atoms with Gasteiger partial charge in [-0.2, -0.15) is 5.26 Å². The predicted molar refractivity (Wildman–Crippen MR) is 154 cm³/mol. The van der Waals surface area contributed by atoms with Crippen molar-refractivity contribution >= 4 is 29.1 Å². The van der Waals surface area contributed by atoms with E-state index in [0.717, 1.165) is 25.2 Å². The summed E-state index contributed by atoms with van der Waals surface area (Å²) in [5.41, 5.74) is 3.51. The van der Waals surface area contributed by atoms with Gasteiger partial charge in [0.15, 0.2) is 0 Å². The molecule has 2 heterocycles. The summed E-state index contributed by atoms with van der Waals surface area (Å²) < 4.78 is 0. The number of nitrogens with zero attached hydrogens (tertiary/aromatic N) is 4. The van der Waals surface area contributed by atoms with Gasteiger partial charge in [0.1, 0.15) is 0 Å². The van der Waals surface area contributed by atoms with E-state index in [1.54, 1.807) is 42.5 Å². The molecular weight excluding hydrogens is 504 g/mol. The molecule has 9 heteroatoms. The monoisotopic (exact) mass is 536 g/mol. The lowest BCUT2D eigenvalue weighted by Crippen LogP contribution is -2.46. The van der Waals surface area contributed by atoms with Gasteiger partial charge < -0.3 is 25.3 Å². The number of nitriles is 1. The van der Waals surface area contributed by atoms with Crippen molar-refractivity contribution in [1.82, 2.24) is 15.1 Å². The quantitative estimate of drug-likeness (QED) is 0.519. The molecule has 2 aliphatic heterocycles. The number of benzene rings is 3. The van der Waals surface area contributed by atoms with Crippen molar-refractivity contribution in [3.63, 3.8) is 0 Å². The molecule has 0 aromatic heterocycles. The Balaban J connectivity index is 1.37. The van der Waals surface area contributed by atoms with Crippen LogP contribution in [0.4, 0.5) is 11.4 Å². The van der Waals surface area contributed by atoms with Crippen LogP contribution in [0, 0.1) is 11.3 Å². The molecule has 0 spiro atoms. The number of hydrogen-bond donors (Lipinski definition) is 2. The van der Waals surface area contributed by atoms with Gasteiger partial charge in [0.2, 0.25) is 0 Å². The third kappa shape index (κ3) is 6.14. The lowest BCUT2D eigenvalue weighted by atomic mass is 10.1. The molecule has 3 aromatic rings. The van der Waals surface area contributed by atoms with Gasteiger partial charge >= 0.3 is 0 Å². The van der Waals surface area contributed by atoms with Gasteiger partial charge in [-0.05, 0) is 61.0 Å². The number of anilines is 2. The molecule has 0 aliphatic carbocycles. The number of carbonyl (C=O) groups excluding carboxylic acids is 3. The number of rotatable bonds is 5. The van der Waals surface area contributed by atoms with E-state index in [9.17, 15) is 14.4 Å². The molecule has 0 saturated carbocycles. The third-order valence-electron chi connectivity index (χ3n) is 7.32. The minimum absolute atomic E-state index is 0.0571. The number of piperazine rings is 1. The first kappa shape index (κ1) is 26.9. The van der Waals surface area contributed by atoms with Crippen LogP contribution in [0.15, 0.2) is 72.8 Å². The second-order valence-corrected chi connectivity index (χ2v) is 9.92. The van der Waals surface area contributed by atoms with E-state index < -0.39 is 0 Å². The fraction of sp³-hybridized carbons (Fsp3) is 0.290. The lowest BCUT2D eigenvalue weighted by Gasteiger charge is -2.29. The Morgan fingerprint density at radius 2 is 1.40 bits per heavy atom. The molecule has 0 bridgehead atoms. The van der Waals surface area contributed by atoms with E-state index >= 15 is 0 Å². The summed E-state index contributed by atoms with van der Waals surface area (Å²) in [7, 11) is 0. The van der Waals surface area contributed by atoms with Crippen LogP contribution < -0.4 is 15.5 Å². The fourth-order valence-electron chi connectivity index (χ4n) is 5.11. The highest BCUT2D eigenvalue weighted by atomic mass is 16.2. The van der Waals surface area contributed by atoms with E-state index in [2.05, 4.69) is 21.6 Å². The van der Waals surface area contributed by atoms with E-state index in [4.69, 9.17) is 5.26 Å². The highest BCUT2D eigenvalue weighted by Gasteiger charge is 2.24. The Morgan fingerprint density at radius 3 is 2.12 bits per heavy atom. The van der Waals surface area contributed by atoms with Crippen molar-refractivity contribution in [2.24, 2.45) is 0 Å². The SMILES string of the molecule is N#Cc1ccc(C(=O)N2CCCN(c3ccc(C(=O)N4CCNCC4)cc3NC(=O)c3ccccc3)CC2)cc1.